The molecule has 9 heteroatoms. The Morgan fingerprint density at radius 2 is 1.93 bits per heavy atom. The number of thioether (sulfide) groups is 1. The molecule has 2 heterocycles. The van der Waals surface area contributed by atoms with Gasteiger partial charge < -0.3 is 15.1 Å². The summed E-state index contributed by atoms with van der Waals surface area (Å²) in [5.74, 6) is -0.640. The van der Waals surface area contributed by atoms with Gasteiger partial charge in [-0.25, -0.2) is 4.98 Å². The van der Waals surface area contributed by atoms with Crippen LogP contribution >= 0.6 is 11.8 Å². The van der Waals surface area contributed by atoms with Crippen LogP contribution in [0.2, 0.25) is 0 Å². The second kappa shape index (κ2) is 8.87. The molecule has 0 aliphatic rings. The van der Waals surface area contributed by atoms with Crippen LogP contribution in [-0.4, -0.2) is 27.5 Å². The van der Waals surface area contributed by atoms with Gasteiger partial charge in [-0.2, -0.15) is 0 Å². The first-order valence-electron chi connectivity index (χ1n) is 8.17. The van der Waals surface area contributed by atoms with Crippen molar-refractivity contribution in [3.8, 4) is 0 Å². The number of aromatic amines is 1. The Kier molecular flexibility index (Phi) is 6.07. The highest BCUT2D eigenvalue weighted by Crippen LogP contribution is 2.21. The van der Waals surface area contributed by atoms with E-state index in [1.165, 1.54) is 24.1 Å². The maximum atomic E-state index is 12.5. The molecule has 0 radical (unpaired) electrons. The average molecular weight is 396 g/mol. The van der Waals surface area contributed by atoms with Gasteiger partial charge in [-0.3, -0.25) is 19.4 Å². The smallest absolute Gasteiger partial charge is 0.292 e. The molecule has 142 valence electrons. The monoisotopic (exact) mass is 396 g/mol. The van der Waals surface area contributed by atoms with E-state index >= 15 is 0 Å². The zero-order chi connectivity index (χ0) is 19.9. The van der Waals surface area contributed by atoms with Crippen LogP contribution in [0.3, 0.4) is 0 Å². The highest BCUT2D eigenvalue weighted by atomic mass is 32.2. The van der Waals surface area contributed by atoms with E-state index in [-0.39, 0.29) is 22.4 Å². The molecule has 3 rings (SSSR count). The van der Waals surface area contributed by atoms with Crippen LogP contribution in [0.5, 0.6) is 0 Å². The second-order valence-corrected chi connectivity index (χ2v) is 6.45. The molecule has 0 saturated carbocycles. The molecule has 0 aliphatic carbocycles. The Bertz CT molecular complexity index is 1050. The maximum Gasteiger partial charge on any atom is 0.292 e. The fourth-order valence-corrected chi connectivity index (χ4v) is 2.81. The van der Waals surface area contributed by atoms with Crippen LogP contribution in [0, 0.1) is 0 Å². The van der Waals surface area contributed by atoms with Gasteiger partial charge in [-0.15, -0.1) is 6.58 Å². The number of nitrogens with one attached hydrogen (secondary N) is 3. The molecule has 28 heavy (non-hydrogen) atoms. The van der Waals surface area contributed by atoms with Crippen molar-refractivity contribution in [2.45, 2.75) is 5.16 Å². The van der Waals surface area contributed by atoms with Crippen molar-refractivity contribution in [2.24, 2.45) is 0 Å². The van der Waals surface area contributed by atoms with Crippen LogP contribution in [0.25, 0.3) is 0 Å². The van der Waals surface area contributed by atoms with E-state index in [2.05, 4.69) is 27.2 Å². The van der Waals surface area contributed by atoms with Crippen LogP contribution in [0.1, 0.15) is 20.9 Å². The largest absolute Gasteiger partial charge is 0.459 e. The molecule has 2 amide bonds. The normalized spacial score (nSPS) is 10.3. The lowest BCUT2D eigenvalue weighted by Gasteiger charge is -2.11. The molecule has 2 aromatic heterocycles. The second-order valence-electron chi connectivity index (χ2n) is 5.45. The minimum absolute atomic E-state index is 0.0442. The molecule has 0 fully saturated rings. The van der Waals surface area contributed by atoms with Crippen molar-refractivity contribution in [2.75, 3.05) is 16.4 Å². The molecule has 0 spiro atoms. The molecule has 3 aromatic rings. The van der Waals surface area contributed by atoms with E-state index < -0.39 is 17.4 Å². The van der Waals surface area contributed by atoms with Crippen molar-refractivity contribution >= 4 is 35.1 Å². The van der Waals surface area contributed by atoms with Gasteiger partial charge in [0.15, 0.2) is 22.4 Å². The Labute approximate surface area is 164 Å². The van der Waals surface area contributed by atoms with Gasteiger partial charge in [0.1, 0.15) is 0 Å². The number of carbonyl (C=O) groups is 2. The van der Waals surface area contributed by atoms with E-state index in [0.717, 1.165) is 0 Å². The molecule has 8 nitrogen and oxygen atoms in total. The summed E-state index contributed by atoms with van der Waals surface area (Å²) in [6, 6.07) is 11.4. The molecule has 0 saturated heterocycles. The zero-order valence-electron chi connectivity index (χ0n) is 14.6. The summed E-state index contributed by atoms with van der Waals surface area (Å²) in [7, 11) is 0. The Morgan fingerprint density at radius 3 is 2.61 bits per heavy atom. The summed E-state index contributed by atoms with van der Waals surface area (Å²) < 4.78 is 5.05. The Morgan fingerprint density at radius 1 is 1.14 bits per heavy atom. The number of H-pyrrole nitrogens is 1. The number of nitrogens with zero attached hydrogens (tertiary/aromatic N) is 1. The van der Waals surface area contributed by atoms with Gasteiger partial charge in [0, 0.05) is 11.3 Å². The molecule has 0 aliphatic heterocycles. The van der Waals surface area contributed by atoms with E-state index in [9.17, 15) is 14.4 Å². The quantitative estimate of drug-likeness (QED) is 0.321. The van der Waals surface area contributed by atoms with Crippen molar-refractivity contribution in [1.29, 1.82) is 0 Å². The number of benzene rings is 1. The lowest BCUT2D eigenvalue weighted by atomic mass is 10.2. The number of hydrogen-bond donors (Lipinski definition) is 3. The predicted octanol–water partition coefficient (Wildman–Crippen LogP) is 3.15. The first kappa shape index (κ1) is 19.2. The minimum atomic E-state index is -0.599. The summed E-state index contributed by atoms with van der Waals surface area (Å²) in [6.07, 6.45) is 3.00. The highest BCUT2D eigenvalue weighted by molar-refractivity contribution is 7.99. The molecule has 0 bridgehead atoms. The van der Waals surface area contributed by atoms with Crippen molar-refractivity contribution in [3.05, 3.63) is 83.1 Å². The SMILES string of the molecule is C=CCSc1nc(NC(=O)c2ccco2)c(NC(=O)c2ccccc2)c(=O)[nH]1. The van der Waals surface area contributed by atoms with Crippen LogP contribution in [0.15, 0.2) is 75.8 Å². The summed E-state index contributed by atoms with van der Waals surface area (Å²) in [4.78, 5) is 44.1. The van der Waals surface area contributed by atoms with Gasteiger partial charge in [0.05, 0.1) is 6.26 Å². The van der Waals surface area contributed by atoms with Crippen LogP contribution in [-0.2, 0) is 0 Å². The highest BCUT2D eigenvalue weighted by Gasteiger charge is 2.19. The number of carbonyl (C=O) groups excluding carboxylic acids is 2. The maximum absolute atomic E-state index is 12.5. The van der Waals surface area contributed by atoms with E-state index in [0.29, 0.717) is 11.3 Å². The fraction of sp³-hybridized carbons (Fsp3) is 0.0526. The van der Waals surface area contributed by atoms with E-state index in [4.69, 9.17) is 4.42 Å². The van der Waals surface area contributed by atoms with Gasteiger partial charge >= 0.3 is 0 Å². The minimum Gasteiger partial charge on any atom is -0.459 e. The molecular weight excluding hydrogens is 380 g/mol. The molecule has 1 aromatic carbocycles. The fourth-order valence-electron chi connectivity index (χ4n) is 2.22. The lowest BCUT2D eigenvalue weighted by molar-refractivity contribution is 0.0992. The van der Waals surface area contributed by atoms with Crippen LogP contribution in [0.4, 0.5) is 11.5 Å². The van der Waals surface area contributed by atoms with Crippen LogP contribution < -0.4 is 16.2 Å². The standard InChI is InChI=1S/C19H16N4O4S/c1-2-11-28-19-22-15(21-17(25)13-9-6-10-27-13)14(18(26)23-19)20-16(24)12-7-4-3-5-8-12/h2-10H,1,11H2,(H,20,24)(H2,21,22,23,25,26). The Hall–Kier alpha value is -3.59. The van der Waals surface area contributed by atoms with E-state index in [1.54, 1.807) is 42.5 Å². The summed E-state index contributed by atoms with van der Waals surface area (Å²) in [6.45, 7) is 3.61. The number of amides is 2. The molecule has 0 atom stereocenters. The molecule has 0 unspecified atom stereocenters. The third-order valence-electron chi connectivity index (χ3n) is 3.49. The summed E-state index contributed by atoms with van der Waals surface area (Å²) >= 11 is 1.23. The molecule has 3 N–H and O–H groups in total. The number of furan rings is 1. The van der Waals surface area contributed by atoms with Crippen molar-refractivity contribution in [3.63, 3.8) is 0 Å². The van der Waals surface area contributed by atoms with Gasteiger partial charge in [0.2, 0.25) is 0 Å². The zero-order valence-corrected chi connectivity index (χ0v) is 15.4. The number of anilines is 2. The predicted molar refractivity (Wildman–Crippen MR) is 107 cm³/mol. The topological polar surface area (TPSA) is 117 Å². The third-order valence-corrected chi connectivity index (χ3v) is 4.36. The lowest BCUT2D eigenvalue weighted by Crippen LogP contribution is -2.25. The summed E-state index contributed by atoms with van der Waals surface area (Å²) in [5, 5.41) is 5.29. The first-order valence-corrected chi connectivity index (χ1v) is 9.16. The summed E-state index contributed by atoms with van der Waals surface area (Å²) in [5.41, 5.74) is -0.410. The van der Waals surface area contributed by atoms with E-state index in [1.807, 2.05) is 0 Å². The van der Waals surface area contributed by atoms with Gasteiger partial charge in [0.25, 0.3) is 17.4 Å². The van der Waals surface area contributed by atoms with Gasteiger partial charge in [-0.1, -0.05) is 36.0 Å². The Balaban J connectivity index is 1.94. The third kappa shape index (κ3) is 4.57. The van der Waals surface area contributed by atoms with Gasteiger partial charge in [-0.05, 0) is 24.3 Å². The number of hydrogen-bond acceptors (Lipinski definition) is 6. The number of rotatable bonds is 7. The van der Waals surface area contributed by atoms with Crippen molar-refractivity contribution in [1.82, 2.24) is 9.97 Å². The van der Waals surface area contributed by atoms with Crippen molar-refractivity contribution < 1.29 is 14.0 Å². The first-order chi connectivity index (χ1) is 13.6. The average Bonchev–Trinajstić information content (AvgIpc) is 3.24. The number of aromatic nitrogens is 2. The molecular formula is C19H16N4O4S.